The van der Waals surface area contributed by atoms with Gasteiger partial charge in [0.2, 0.25) is 0 Å². The molecule has 0 aliphatic carbocycles. The number of alkyl halides is 1. The average Bonchev–Trinajstić information content (AvgIpc) is 2.28. The summed E-state index contributed by atoms with van der Waals surface area (Å²) in [4.78, 5) is 0. The summed E-state index contributed by atoms with van der Waals surface area (Å²) in [5.74, 6) is 0. The molecule has 0 rings (SSSR count). The lowest BCUT2D eigenvalue weighted by atomic mass is 9.88. The topological polar surface area (TPSA) is 49.7 Å². The first-order chi connectivity index (χ1) is 7.88. The first-order valence-corrected chi connectivity index (χ1v) is 9.11. The van der Waals surface area contributed by atoms with Crippen molar-refractivity contribution in [1.82, 2.24) is 0 Å². The quantitative estimate of drug-likeness (QED) is 0.388. The van der Waals surface area contributed by atoms with Gasteiger partial charge >= 0.3 is 0 Å². The molecule has 0 spiro atoms. The molecule has 0 aliphatic heterocycles. The standard InChI is InChI=1S/C12H26ClO3Si/c1-5-6-9-16-12(13,17(3)4)11(2,10-15)7-8-14/h14-15H,5-10H2,1-4H3. The van der Waals surface area contributed by atoms with Crippen molar-refractivity contribution >= 4 is 20.4 Å². The van der Waals surface area contributed by atoms with E-state index < -0.39 is 18.9 Å². The van der Waals surface area contributed by atoms with Crippen LogP contribution in [0.3, 0.4) is 0 Å². The van der Waals surface area contributed by atoms with Crippen molar-refractivity contribution in [2.75, 3.05) is 19.8 Å². The second-order valence-corrected chi connectivity index (χ2v) is 8.54. The zero-order valence-corrected chi connectivity index (χ0v) is 13.2. The molecule has 0 aromatic rings. The summed E-state index contributed by atoms with van der Waals surface area (Å²) in [6, 6.07) is 0. The average molecular weight is 282 g/mol. The minimum atomic E-state index is -0.971. The molecule has 2 atom stereocenters. The molecule has 0 aromatic carbocycles. The number of hydrogen-bond donors (Lipinski definition) is 2. The van der Waals surface area contributed by atoms with E-state index in [-0.39, 0.29) is 13.2 Å². The molecule has 0 saturated carbocycles. The predicted octanol–water partition coefficient (Wildman–Crippen LogP) is 2.41. The SMILES string of the molecule is CCCCOC(Cl)([Si](C)C)C(C)(CO)CCO. The van der Waals surface area contributed by atoms with Gasteiger partial charge in [-0.1, -0.05) is 45.0 Å². The minimum absolute atomic E-state index is 0.0117. The molecule has 0 heterocycles. The van der Waals surface area contributed by atoms with Crippen LogP contribution in [0, 0.1) is 5.41 Å². The Balaban J connectivity index is 4.88. The third kappa shape index (κ3) is 4.21. The van der Waals surface area contributed by atoms with E-state index in [2.05, 4.69) is 20.0 Å². The number of ether oxygens (including phenoxy) is 1. The molecule has 3 nitrogen and oxygen atoms in total. The minimum Gasteiger partial charge on any atom is -0.396 e. The van der Waals surface area contributed by atoms with Crippen LogP contribution in [0.15, 0.2) is 0 Å². The molecule has 2 N–H and O–H groups in total. The Morgan fingerprint density at radius 3 is 2.24 bits per heavy atom. The molecule has 0 fully saturated rings. The fourth-order valence-corrected chi connectivity index (χ4v) is 3.90. The summed E-state index contributed by atoms with van der Waals surface area (Å²) >= 11 is 6.65. The molecule has 0 bridgehead atoms. The normalized spacial score (nSPS) is 19.1. The van der Waals surface area contributed by atoms with E-state index in [1.807, 2.05) is 6.92 Å². The number of halogens is 1. The third-order valence-electron chi connectivity index (χ3n) is 3.23. The Labute approximate surface area is 112 Å². The van der Waals surface area contributed by atoms with Crippen molar-refractivity contribution < 1.29 is 14.9 Å². The number of hydrogen-bond acceptors (Lipinski definition) is 3. The fourth-order valence-electron chi connectivity index (χ4n) is 1.87. The maximum atomic E-state index is 9.60. The van der Waals surface area contributed by atoms with E-state index in [1.54, 1.807) is 0 Å². The van der Waals surface area contributed by atoms with Gasteiger partial charge in [0.15, 0.2) is 0 Å². The zero-order chi connectivity index (χ0) is 13.5. The van der Waals surface area contributed by atoms with Gasteiger partial charge in [-0.05, 0) is 12.8 Å². The van der Waals surface area contributed by atoms with Crippen LogP contribution < -0.4 is 0 Å². The number of rotatable bonds is 9. The molecular formula is C12H26ClO3Si. The Hall–Kier alpha value is 0.387. The van der Waals surface area contributed by atoms with E-state index >= 15 is 0 Å². The lowest BCUT2D eigenvalue weighted by Crippen LogP contribution is -2.55. The molecule has 17 heavy (non-hydrogen) atoms. The van der Waals surface area contributed by atoms with Crippen LogP contribution in [0.2, 0.25) is 13.1 Å². The summed E-state index contributed by atoms with van der Waals surface area (Å²) in [7, 11) is -0.971. The Kier molecular flexibility index (Phi) is 7.92. The van der Waals surface area contributed by atoms with E-state index in [1.165, 1.54) is 0 Å². The van der Waals surface area contributed by atoms with Crippen LogP contribution in [-0.4, -0.2) is 43.5 Å². The van der Waals surface area contributed by atoms with Crippen molar-refractivity contribution in [3.8, 4) is 0 Å². The lowest BCUT2D eigenvalue weighted by Gasteiger charge is -2.45. The van der Waals surface area contributed by atoms with E-state index in [9.17, 15) is 5.11 Å². The molecule has 1 radical (unpaired) electrons. The van der Waals surface area contributed by atoms with Crippen LogP contribution >= 0.6 is 11.6 Å². The molecule has 0 saturated heterocycles. The van der Waals surface area contributed by atoms with Gasteiger partial charge in [-0.2, -0.15) is 0 Å². The zero-order valence-electron chi connectivity index (χ0n) is 11.4. The van der Waals surface area contributed by atoms with Gasteiger partial charge in [-0.25, -0.2) is 0 Å². The highest BCUT2D eigenvalue weighted by Gasteiger charge is 2.50. The van der Waals surface area contributed by atoms with Gasteiger partial charge in [0.05, 0.1) is 6.61 Å². The molecule has 5 heteroatoms. The highest BCUT2D eigenvalue weighted by atomic mass is 35.5. The van der Waals surface area contributed by atoms with Crippen molar-refractivity contribution in [1.29, 1.82) is 0 Å². The van der Waals surface area contributed by atoms with Crippen LogP contribution in [0.25, 0.3) is 0 Å². The fraction of sp³-hybridized carbons (Fsp3) is 1.00. The van der Waals surface area contributed by atoms with Crippen LogP contribution in [0.1, 0.15) is 33.1 Å². The van der Waals surface area contributed by atoms with Crippen molar-refractivity contribution in [2.45, 2.75) is 50.9 Å². The monoisotopic (exact) mass is 281 g/mol. The van der Waals surface area contributed by atoms with Crippen LogP contribution in [0.4, 0.5) is 0 Å². The molecule has 0 amide bonds. The third-order valence-corrected chi connectivity index (χ3v) is 6.96. The smallest absolute Gasteiger partial charge is 0.133 e. The van der Waals surface area contributed by atoms with Gasteiger partial charge in [0.25, 0.3) is 0 Å². The van der Waals surface area contributed by atoms with E-state index in [4.69, 9.17) is 21.4 Å². The van der Waals surface area contributed by atoms with E-state index in [0.717, 1.165) is 12.8 Å². The van der Waals surface area contributed by atoms with Crippen molar-refractivity contribution in [2.24, 2.45) is 5.41 Å². The van der Waals surface area contributed by atoms with Gasteiger partial charge in [-0.3, -0.25) is 0 Å². The highest BCUT2D eigenvalue weighted by Crippen LogP contribution is 2.42. The molecule has 103 valence electrons. The van der Waals surface area contributed by atoms with Gasteiger partial charge in [-0.15, -0.1) is 0 Å². The van der Waals surface area contributed by atoms with Gasteiger partial charge < -0.3 is 14.9 Å². The van der Waals surface area contributed by atoms with E-state index in [0.29, 0.717) is 13.0 Å². The lowest BCUT2D eigenvalue weighted by molar-refractivity contribution is -0.0538. The molecule has 2 unspecified atom stereocenters. The Bertz CT molecular complexity index is 216. The first-order valence-electron chi connectivity index (χ1n) is 6.23. The summed E-state index contributed by atoms with van der Waals surface area (Å²) in [6.07, 6.45) is 2.47. The molecule has 0 aromatic heterocycles. The summed E-state index contributed by atoms with van der Waals surface area (Å²) in [5.41, 5.74) is -0.588. The second-order valence-electron chi connectivity index (χ2n) is 4.99. The first kappa shape index (κ1) is 17.4. The number of aliphatic hydroxyl groups excluding tert-OH is 2. The Morgan fingerprint density at radius 2 is 1.88 bits per heavy atom. The van der Waals surface area contributed by atoms with Gasteiger partial charge in [0, 0.05) is 18.6 Å². The number of aliphatic hydroxyl groups is 2. The van der Waals surface area contributed by atoms with Crippen LogP contribution in [-0.2, 0) is 4.74 Å². The second kappa shape index (κ2) is 7.74. The molecular weight excluding hydrogens is 256 g/mol. The predicted molar refractivity (Wildman–Crippen MR) is 73.8 cm³/mol. The van der Waals surface area contributed by atoms with Gasteiger partial charge in [0.1, 0.15) is 13.5 Å². The number of unbranched alkanes of at least 4 members (excludes halogenated alkanes) is 1. The largest absolute Gasteiger partial charge is 0.396 e. The summed E-state index contributed by atoms with van der Waals surface area (Å²) in [6.45, 7) is 8.69. The Morgan fingerprint density at radius 1 is 1.29 bits per heavy atom. The summed E-state index contributed by atoms with van der Waals surface area (Å²) < 4.78 is 5.05. The molecule has 0 aliphatic rings. The van der Waals surface area contributed by atoms with Crippen LogP contribution in [0.5, 0.6) is 0 Å². The highest BCUT2D eigenvalue weighted by molar-refractivity contribution is 6.69. The summed E-state index contributed by atoms with van der Waals surface area (Å²) in [5, 5.41) is 18.7. The van der Waals surface area contributed by atoms with Crippen molar-refractivity contribution in [3.63, 3.8) is 0 Å². The van der Waals surface area contributed by atoms with Crippen molar-refractivity contribution in [3.05, 3.63) is 0 Å². The maximum absolute atomic E-state index is 9.60. The maximum Gasteiger partial charge on any atom is 0.133 e.